The van der Waals surface area contributed by atoms with E-state index in [0.29, 0.717) is 11.9 Å². The predicted octanol–water partition coefficient (Wildman–Crippen LogP) is 16.5. The molecule has 440 valence electrons. The van der Waals surface area contributed by atoms with Gasteiger partial charge in [-0.1, -0.05) is 119 Å². The van der Waals surface area contributed by atoms with Gasteiger partial charge < -0.3 is 26.6 Å². The highest BCUT2D eigenvalue weighted by Gasteiger charge is 2.25. The molecule has 5 atom stereocenters. The summed E-state index contributed by atoms with van der Waals surface area (Å²) in [7, 11) is 0. The fourth-order valence-corrected chi connectivity index (χ4v) is 6.89. The molecule has 5 N–H and O–H groups in total. The van der Waals surface area contributed by atoms with E-state index in [2.05, 4.69) is 16.0 Å². The third kappa shape index (κ3) is 31.8. The van der Waals surface area contributed by atoms with Crippen LogP contribution in [0.25, 0.3) is 0 Å². The zero-order chi connectivity index (χ0) is 95.8. The van der Waals surface area contributed by atoms with Gasteiger partial charge in [0.1, 0.15) is 0 Å². The Morgan fingerprint density at radius 3 is 0.887 bits per heavy atom. The van der Waals surface area contributed by atoms with Crippen molar-refractivity contribution in [2.24, 2.45) is 0 Å². The maximum atomic E-state index is 12.9. The van der Waals surface area contributed by atoms with Crippen molar-refractivity contribution in [1.29, 1.82) is 0 Å². The minimum Gasteiger partial charge on any atom is -0.303 e. The van der Waals surface area contributed by atoms with E-state index in [9.17, 15) is 24.0 Å². The lowest BCUT2D eigenvalue weighted by Gasteiger charge is -2.25. The zero-order valence-corrected chi connectivity index (χ0v) is 49.1. The molecule has 0 amide bonds. The second-order valence-corrected chi connectivity index (χ2v) is 20.9. The van der Waals surface area contributed by atoms with Crippen LogP contribution in [-0.4, -0.2) is 86.7 Å². The Bertz CT molecular complexity index is 4390. The van der Waals surface area contributed by atoms with Crippen LogP contribution in [0.15, 0.2) is 121 Å². The van der Waals surface area contributed by atoms with Gasteiger partial charge in [-0.25, -0.2) is 0 Å². The van der Waals surface area contributed by atoms with E-state index in [1.807, 2.05) is 5.32 Å². The highest BCUT2D eigenvalue weighted by molar-refractivity contribution is 6.32. The first kappa shape index (κ1) is 31.6. The Morgan fingerprint density at radius 1 is 0.375 bits per heavy atom. The molecule has 0 aliphatic rings. The van der Waals surface area contributed by atoms with Crippen molar-refractivity contribution >= 4 is 86.9 Å². The molecule has 5 aromatic carbocycles. The van der Waals surface area contributed by atoms with Crippen molar-refractivity contribution in [2.75, 3.05) is 0 Å². The smallest absolute Gasteiger partial charge is 0.179 e. The predicted molar refractivity (Wildman–Crippen MR) is 341 cm³/mol. The van der Waals surface area contributed by atoms with Crippen molar-refractivity contribution in [3.05, 3.63) is 174 Å². The van der Waals surface area contributed by atoms with Gasteiger partial charge in [-0.2, -0.15) is 0 Å². The Balaban J connectivity index is 0.000000755. The van der Waals surface area contributed by atoms with Gasteiger partial charge in [-0.3, -0.25) is 24.0 Å². The number of benzene rings is 5. The number of Topliss-reactive ketones (excluding diaryl/α,β-unsaturated/α-hetero) is 5. The number of hydrogen-bond acceptors (Lipinski definition) is 10. The number of carbonyl (C=O) groups excluding carboxylic acids is 5. The molecule has 10 nitrogen and oxygen atoms in total. The summed E-state index contributed by atoms with van der Waals surface area (Å²) in [6, 6.07) is 0.700. The van der Waals surface area contributed by atoms with Gasteiger partial charge in [0.25, 0.3) is 0 Å². The highest BCUT2D eigenvalue weighted by atomic mass is 35.5. The summed E-state index contributed by atoms with van der Waals surface area (Å²) in [5.41, 5.74) is -12.6. The van der Waals surface area contributed by atoms with Crippen LogP contribution in [0.1, 0.15) is 244 Å². The van der Waals surface area contributed by atoms with Gasteiger partial charge >= 0.3 is 0 Å². The van der Waals surface area contributed by atoms with Gasteiger partial charge in [0.05, 0.1) is 47.9 Å². The summed E-state index contributed by atoms with van der Waals surface area (Å²) in [5, 5.41) is 10.9. The second-order valence-electron chi connectivity index (χ2n) is 18.8. The molecule has 80 heavy (non-hydrogen) atoms. The van der Waals surface area contributed by atoms with Crippen LogP contribution in [0.2, 0.25) is 25.1 Å². The molecule has 15 heteroatoms. The van der Waals surface area contributed by atoms with Gasteiger partial charge in [0.15, 0.2) is 28.9 Å². The minimum absolute atomic E-state index is 0.0842. The molecule has 0 saturated carbocycles. The third-order valence-electron chi connectivity index (χ3n) is 8.86. The lowest BCUT2D eigenvalue weighted by atomic mass is 10.0. The average molecular weight is 1240 g/mol. The maximum absolute atomic E-state index is 12.9. The van der Waals surface area contributed by atoms with E-state index in [0.717, 1.165) is 20.8 Å². The Kier molecular flexibility index (Phi) is 13.1. The summed E-state index contributed by atoms with van der Waals surface area (Å²) in [5.74, 6) is -4.71. The monoisotopic (exact) mass is 1240 g/mol. The van der Waals surface area contributed by atoms with E-state index >= 15 is 0 Å². The standard InChI is InChI=1S/5C13H18ClNO/c5*1-9(15-13(2,3)4)12(16)10-6-5-7-11(14)8-10/h5*5-9,15H,1-4H3/t5*9-/m11111/s1/i2D3,3D3,4D3,5D,6D,7D,8D,9D;5D,6D,7D,8D,9D;2D3,3D3,4D3,9D;2D3,3D3,9D;2D3,9D. The molecule has 0 aliphatic carbocycles. The van der Waals surface area contributed by atoms with Gasteiger partial charge in [-0.05, 0) is 198 Å². The molecule has 0 heterocycles. The van der Waals surface area contributed by atoms with Gasteiger partial charge in [0, 0.05) is 118 Å². The number of rotatable bonds is 15. The first-order valence-electron chi connectivity index (χ1n) is 43.2. The molecule has 0 aromatic heterocycles. The first-order valence-corrected chi connectivity index (χ1v) is 25.1. The van der Waals surface area contributed by atoms with Crippen LogP contribution in [-0.2, 0) is 0 Å². The van der Waals surface area contributed by atoms with Crippen LogP contribution in [0.4, 0.5) is 0 Å². The molecule has 5 aromatic rings. The summed E-state index contributed by atoms with van der Waals surface area (Å²) in [4.78, 5) is 62.9. The zero-order valence-electron chi connectivity index (χ0n) is 85.4. The fraction of sp³-hybridized carbons (Fsp3) is 0.462. The van der Waals surface area contributed by atoms with E-state index < -0.39 is 213 Å². The van der Waals surface area contributed by atoms with E-state index in [4.69, 9.17) is 113 Å². The van der Waals surface area contributed by atoms with Crippen LogP contribution in [0, 0.1) is 0 Å². The van der Waals surface area contributed by atoms with Crippen molar-refractivity contribution < 1.29 is 78.8 Å². The van der Waals surface area contributed by atoms with E-state index in [1.165, 1.54) is 76.2 Å². The number of hydrogen-bond donors (Lipinski definition) is 5. The SMILES string of the molecule is [2H]C([2H])([2H])C(C)(C)N[C@]([2H])(C)C(=O)c1cccc(Cl)c1.[2H]C([2H])([2H])C(C)(N[C@]([2H])(C)C(=O)c1cccc(Cl)c1)C([2H])([2H])[2H].[2H]C([2H])([2H])C(N[C@]([2H])(C)C(=O)c1cccc(Cl)c1)(C([2H])([2H])[2H])C([2H])([2H])[2H].[2H]c1c([2H])c(Cl)c([2H])c(C(=O)[C@@]([2H])(C)NC(C([2H])([2H])[2H])(C([2H])([2H])[2H])C([2H])([2H])[2H])c1[2H].[2H]c1c([2H])c(Cl)c([2H])c(C(=O)[C@@]([2H])(C)NC(C)(C)C)c1[2H]. The molecule has 0 unspecified atom stereocenters. The fourth-order valence-electron chi connectivity index (χ4n) is 6.04. The van der Waals surface area contributed by atoms with Crippen LogP contribution in [0.3, 0.4) is 0 Å². The summed E-state index contributed by atoms with van der Waals surface area (Å²) < 4.78 is 306. The maximum Gasteiger partial charge on any atom is 0.179 e. The molecular formula is C65H90Cl5N5O5. The van der Waals surface area contributed by atoms with Crippen molar-refractivity contribution in [2.45, 2.75) is 196 Å². The Morgan fingerprint density at radius 2 is 0.625 bits per heavy atom. The second kappa shape index (κ2) is 33.1. The lowest BCUT2D eigenvalue weighted by molar-refractivity contribution is 0.0929. The number of ketones is 5. The highest BCUT2D eigenvalue weighted by Crippen LogP contribution is 2.19. The number of carbonyl (C=O) groups is 5. The third-order valence-corrected chi connectivity index (χ3v) is 9.94. The van der Waals surface area contributed by atoms with E-state index in [-0.39, 0.29) is 31.8 Å². The van der Waals surface area contributed by atoms with Crippen LogP contribution >= 0.6 is 58.0 Å². The lowest BCUT2D eigenvalue weighted by Crippen LogP contribution is -2.46. The first-order chi connectivity index (χ1) is 52.7. The van der Waals surface area contributed by atoms with Crippen LogP contribution in [0.5, 0.6) is 0 Å². The molecule has 0 fully saturated rings. The minimum atomic E-state index is -3.75. The number of halogens is 5. The summed E-state index contributed by atoms with van der Waals surface area (Å²) in [6.45, 7) is -15.6. The molecular weight excluding hydrogens is 1110 g/mol. The quantitative estimate of drug-likeness (QED) is 0.0642. The molecule has 0 spiro atoms. The normalized spacial score (nSPS) is 24.2. The molecule has 0 saturated heterocycles. The largest absolute Gasteiger partial charge is 0.303 e. The number of nitrogens with one attached hydrogen (secondary N) is 5. The van der Waals surface area contributed by atoms with Crippen molar-refractivity contribution in [3.63, 3.8) is 0 Å². The topological polar surface area (TPSA) is 146 Å². The summed E-state index contributed by atoms with van der Waals surface area (Å²) >= 11 is 28.9. The average Bonchev–Trinajstić information content (AvgIpc) is 0.712. The van der Waals surface area contributed by atoms with Gasteiger partial charge in [0.2, 0.25) is 0 Å². The summed E-state index contributed by atoms with van der Waals surface area (Å²) in [6.07, 6.45) is 0. The molecule has 0 aliphatic heterocycles. The Labute approximate surface area is 561 Å². The van der Waals surface area contributed by atoms with Gasteiger partial charge in [-0.15, -0.1) is 0 Å². The molecule has 5 rings (SSSR count). The molecule has 0 radical (unpaired) electrons. The van der Waals surface area contributed by atoms with Crippen molar-refractivity contribution in [3.8, 4) is 0 Å². The van der Waals surface area contributed by atoms with E-state index in [1.54, 1.807) is 50.4 Å². The molecule has 0 bridgehead atoms. The van der Waals surface area contributed by atoms with Crippen LogP contribution < -0.4 is 26.6 Å². The Hall–Kier alpha value is -4.30. The van der Waals surface area contributed by atoms with Crippen molar-refractivity contribution in [1.82, 2.24) is 26.6 Å².